The molecular weight excluding hydrogens is 246 g/mol. The van der Waals surface area contributed by atoms with Crippen molar-refractivity contribution in [3.8, 4) is 0 Å². The number of fused-ring (bicyclic) bond motifs is 1. The molecule has 1 aromatic heterocycles. The first-order valence-corrected chi connectivity index (χ1v) is 6.66. The highest BCUT2D eigenvalue weighted by Crippen LogP contribution is 2.24. The lowest BCUT2D eigenvalue weighted by molar-refractivity contribution is -0.120. The smallest absolute Gasteiger partial charge is 0.239 e. The molecule has 5 heteroatoms. The fourth-order valence-corrected chi connectivity index (χ4v) is 2.43. The standard InChI is InChI=1S/C13H17N3OS/c1-13(2,3)16-11(17)8-14-12-15-9-6-4-5-7-10(9)18-12/h4-7H,8H2,1-3H3,(H,14,15)(H,16,17). The Hall–Kier alpha value is -1.62. The maximum Gasteiger partial charge on any atom is 0.239 e. The van der Waals surface area contributed by atoms with Crippen LogP contribution in [-0.2, 0) is 4.79 Å². The molecule has 0 atom stereocenters. The molecule has 0 unspecified atom stereocenters. The third kappa shape index (κ3) is 3.43. The molecule has 0 aliphatic rings. The van der Waals surface area contributed by atoms with Gasteiger partial charge in [0.2, 0.25) is 5.91 Å². The number of hydrogen-bond donors (Lipinski definition) is 2. The maximum absolute atomic E-state index is 11.7. The molecule has 0 aliphatic heterocycles. The Morgan fingerprint density at radius 2 is 2.06 bits per heavy atom. The molecular formula is C13H17N3OS. The van der Waals surface area contributed by atoms with Gasteiger partial charge in [-0.05, 0) is 32.9 Å². The summed E-state index contributed by atoms with van der Waals surface area (Å²) in [5, 5.41) is 6.73. The molecule has 4 nitrogen and oxygen atoms in total. The maximum atomic E-state index is 11.7. The SMILES string of the molecule is CC(C)(C)NC(=O)CNc1nc2ccccc2s1. The second kappa shape index (κ2) is 4.94. The second-order valence-electron chi connectivity index (χ2n) is 5.14. The molecule has 96 valence electrons. The number of thiazole rings is 1. The molecule has 0 aliphatic carbocycles. The number of nitrogens with one attached hydrogen (secondary N) is 2. The summed E-state index contributed by atoms with van der Waals surface area (Å²) in [6.45, 7) is 6.13. The number of amides is 1. The van der Waals surface area contributed by atoms with Crippen molar-refractivity contribution in [1.29, 1.82) is 0 Å². The molecule has 2 aromatic rings. The Labute approximate surface area is 110 Å². The van der Waals surface area contributed by atoms with Crippen LogP contribution >= 0.6 is 11.3 Å². The minimum Gasteiger partial charge on any atom is -0.352 e. The Morgan fingerprint density at radius 1 is 1.33 bits per heavy atom. The van der Waals surface area contributed by atoms with Crippen molar-refractivity contribution in [2.75, 3.05) is 11.9 Å². The zero-order chi connectivity index (χ0) is 13.2. The minimum absolute atomic E-state index is 0.0262. The number of carbonyl (C=O) groups excluding carboxylic acids is 1. The fraction of sp³-hybridized carbons (Fsp3) is 0.385. The first kappa shape index (κ1) is 12.8. The lowest BCUT2D eigenvalue weighted by Gasteiger charge is -2.20. The van der Waals surface area contributed by atoms with Crippen molar-refractivity contribution in [2.45, 2.75) is 26.3 Å². The predicted octanol–water partition coefficient (Wildman–Crippen LogP) is 2.62. The summed E-state index contributed by atoms with van der Waals surface area (Å²) < 4.78 is 1.12. The molecule has 0 radical (unpaired) electrons. The van der Waals surface area contributed by atoms with E-state index in [-0.39, 0.29) is 18.0 Å². The Kier molecular flexibility index (Phi) is 3.52. The summed E-state index contributed by atoms with van der Waals surface area (Å²) in [4.78, 5) is 16.1. The van der Waals surface area contributed by atoms with Gasteiger partial charge in [0.15, 0.2) is 5.13 Å². The van der Waals surface area contributed by atoms with E-state index in [0.717, 1.165) is 15.3 Å². The Bertz CT molecular complexity index is 524. The van der Waals surface area contributed by atoms with Gasteiger partial charge in [0.25, 0.3) is 0 Å². The summed E-state index contributed by atoms with van der Waals surface area (Å²) in [5.74, 6) is -0.0262. The molecule has 0 saturated carbocycles. The molecule has 1 amide bonds. The topological polar surface area (TPSA) is 54.0 Å². The summed E-state index contributed by atoms with van der Waals surface area (Å²) >= 11 is 1.56. The fourth-order valence-electron chi connectivity index (χ4n) is 1.57. The molecule has 0 saturated heterocycles. The van der Waals surface area contributed by atoms with Gasteiger partial charge in [-0.25, -0.2) is 4.98 Å². The van der Waals surface area contributed by atoms with Crippen LogP contribution in [0.15, 0.2) is 24.3 Å². The number of para-hydroxylation sites is 1. The lowest BCUT2D eigenvalue weighted by Crippen LogP contribution is -2.43. The van der Waals surface area contributed by atoms with Crippen LogP contribution in [0, 0.1) is 0 Å². The van der Waals surface area contributed by atoms with E-state index in [4.69, 9.17) is 0 Å². The van der Waals surface area contributed by atoms with Gasteiger partial charge in [0, 0.05) is 5.54 Å². The largest absolute Gasteiger partial charge is 0.352 e. The molecule has 0 spiro atoms. The van der Waals surface area contributed by atoms with E-state index in [0.29, 0.717) is 0 Å². The van der Waals surface area contributed by atoms with Crippen LogP contribution in [0.5, 0.6) is 0 Å². The van der Waals surface area contributed by atoms with Crippen molar-refractivity contribution in [1.82, 2.24) is 10.3 Å². The van der Waals surface area contributed by atoms with Crippen LogP contribution in [0.25, 0.3) is 10.2 Å². The minimum atomic E-state index is -0.202. The van der Waals surface area contributed by atoms with E-state index < -0.39 is 0 Å². The molecule has 1 heterocycles. The molecule has 18 heavy (non-hydrogen) atoms. The van der Waals surface area contributed by atoms with Gasteiger partial charge < -0.3 is 10.6 Å². The van der Waals surface area contributed by atoms with E-state index in [2.05, 4.69) is 15.6 Å². The quantitative estimate of drug-likeness (QED) is 0.895. The van der Waals surface area contributed by atoms with Gasteiger partial charge in [-0.2, -0.15) is 0 Å². The number of benzene rings is 1. The molecule has 1 aromatic carbocycles. The average molecular weight is 263 g/mol. The van der Waals surface area contributed by atoms with Gasteiger partial charge >= 0.3 is 0 Å². The van der Waals surface area contributed by atoms with Crippen LogP contribution in [-0.4, -0.2) is 23.0 Å². The zero-order valence-electron chi connectivity index (χ0n) is 10.8. The summed E-state index contributed by atoms with van der Waals surface area (Å²) in [5.41, 5.74) is 0.757. The van der Waals surface area contributed by atoms with Crippen molar-refractivity contribution in [3.05, 3.63) is 24.3 Å². The van der Waals surface area contributed by atoms with Crippen LogP contribution in [0.1, 0.15) is 20.8 Å². The number of carbonyl (C=O) groups is 1. The van der Waals surface area contributed by atoms with E-state index in [9.17, 15) is 4.79 Å². The monoisotopic (exact) mass is 263 g/mol. The van der Waals surface area contributed by atoms with Gasteiger partial charge in [-0.1, -0.05) is 23.5 Å². The number of anilines is 1. The third-order valence-electron chi connectivity index (χ3n) is 2.21. The predicted molar refractivity (Wildman–Crippen MR) is 76.0 cm³/mol. The molecule has 2 N–H and O–H groups in total. The first-order chi connectivity index (χ1) is 8.44. The van der Waals surface area contributed by atoms with Gasteiger partial charge in [0.05, 0.1) is 16.8 Å². The van der Waals surface area contributed by atoms with E-state index >= 15 is 0 Å². The van der Waals surface area contributed by atoms with E-state index in [1.54, 1.807) is 11.3 Å². The number of rotatable bonds is 3. The van der Waals surface area contributed by atoms with Crippen molar-refractivity contribution in [2.24, 2.45) is 0 Å². The highest BCUT2D eigenvalue weighted by atomic mass is 32.1. The normalized spacial score (nSPS) is 11.5. The van der Waals surface area contributed by atoms with Crippen LogP contribution in [0.2, 0.25) is 0 Å². The van der Waals surface area contributed by atoms with Crippen LogP contribution in [0.4, 0.5) is 5.13 Å². The average Bonchev–Trinajstić information content (AvgIpc) is 2.66. The van der Waals surface area contributed by atoms with Gasteiger partial charge in [0.1, 0.15) is 0 Å². The summed E-state index contributed by atoms with van der Waals surface area (Å²) in [7, 11) is 0. The highest BCUT2D eigenvalue weighted by Gasteiger charge is 2.13. The zero-order valence-corrected chi connectivity index (χ0v) is 11.6. The first-order valence-electron chi connectivity index (χ1n) is 5.84. The van der Waals surface area contributed by atoms with Crippen molar-refractivity contribution < 1.29 is 4.79 Å². The Balaban J connectivity index is 1.96. The lowest BCUT2D eigenvalue weighted by atomic mass is 10.1. The van der Waals surface area contributed by atoms with E-state index in [1.165, 1.54) is 0 Å². The van der Waals surface area contributed by atoms with Crippen LogP contribution < -0.4 is 10.6 Å². The molecule has 0 fully saturated rings. The van der Waals surface area contributed by atoms with Crippen LogP contribution in [0.3, 0.4) is 0 Å². The number of nitrogens with zero attached hydrogens (tertiary/aromatic N) is 1. The summed E-state index contributed by atoms with van der Waals surface area (Å²) in [6.07, 6.45) is 0. The second-order valence-corrected chi connectivity index (χ2v) is 6.17. The van der Waals surface area contributed by atoms with E-state index in [1.807, 2.05) is 45.0 Å². The van der Waals surface area contributed by atoms with Crippen molar-refractivity contribution in [3.63, 3.8) is 0 Å². The highest BCUT2D eigenvalue weighted by molar-refractivity contribution is 7.22. The molecule has 0 bridgehead atoms. The summed E-state index contributed by atoms with van der Waals surface area (Å²) in [6, 6.07) is 7.92. The van der Waals surface area contributed by atoms with Gasteiger partial charge in [-0.3, -0.25) is 4.79 Å². The third-order valence-corrected chi connectivity index (χ3v) is 3.20. The van der Waals surface area contributed by atoms with Crippen molar-refractivity contribution >= 4 is 32.6 Å². The van der Waals surface area contributed by atoms with Gasteiger partial charge in [-0.15, -0.1) is 0 Å². The molecule has 2 rings (SSSR count). The number of hydrogen-bond acceptors (Lipinski definition) is 4. The number of aromatic nitrogens is 1. The Morgan fingerprint density at radius 3 is 2.72 bits per heavy atom.